The van der Waals surface area contributed by atoms with E-state index in [2.05, 4.69) is 55.7 Å². The van der Waals surface area contributed by atoms with Crippen LogP contribution in [-0.4, -0.2) is 31.8 Å². The first-order valence-corrected chi connectivity index (χ1v) is 7.33. The monoisotopic (exact) mass is 262 g/mol. The highest BCUT2D eigenvalue weighted by Gasteiger charge is 2.16. The van der Waals surface area contributed by atoms with Gasteiger partial charge in [-0.15, -0.1) is 0 Å². The molecule has 1 fully saturated rings. The Morgan fingerprint density at radius 2 is 2.21 bits per heavy atom. The number of anilines is 1. The third kappa shape index (κ3) is 4.51. The quantitative estimate of drug-likeness (QED) is 0.856. The molecule has 2 atom stereocenters. The summed E-state index contributed by atoms with van der Waals surface area (Å²) in [6, 6.07) is 9.65. The molecule has 3 heteroatoms. The third-order valence-electron chi connectivity index (χ3n) is 3.60. The van der Waals surface area contributed by atoms with Gasteiger partial charge in [-0.3, -0.25) is 0 Å². The minimum atomic E-state index is 0.446. The first kappa shape index (κ1) is 14.4. The molecule has 0 spiro atoms. The Hall–Kier alpha value is -1.06. The van der Waals surface area contributed by atoms with E-state index in [0.717, 1.165) is 26.2 Å². The molecule has 19 heavy (non-hydrogen) atoms. The number of hydrogen-bond donors (Lipinski definition) is 2. The van der Waals surface area contributed by atoms with Crippen molar-refractivity contribution in [3.05, 3.63) is 29.8 Å². The Balaban J connectivity index is 1.87. The molecular formula is C16H26N2O. The van der Waals surface area contributed by atoms with Gasteiger partial charge in [-0.05, 0) is 37.0 Å². The second-order valence-electron chi connectivity index (χ2n) is 5.79. The molecule has 0 aliphatic carbocycles. The highest BCUT2D eigenvalue weighted by molar-refractivity contribution is 5.47. The van der Waals surface area contributed by atoms with Gasteiger partial charge in [0.15, 0.2) is 0 Å². The molecule has 2 unspecified atom stereocenters. The van der Waals surface area contributed by atoms with Crippen LogP contribution in [0.3, 0.4) is 0 Å². The summed E-state index contributed by atoms with van der Waals surface area (Å²) in [4.78, 5) is 0. The summed E-state index contributed by atoms with van der Waals surface area (Å²) < 4.78 is 5.49. The topological polar surface area (TPSA) is 33.3 Å². The minimum absolute atomic E-state index is 0.446. The Bertz CT molecular complexity index is 386. The summed E-state index contributed by atoms with van der Waals surface area (Å²) in [5.41, 5.74) is 2.60. The molecule has 1 heterocycles. The van der Waals surface area contributed by atoms with Crippen molar-refractivity contribution in [3.63, 3.8) is 0 Å². The second-order valence-corrected chi connectivity index (χ2v) is 5.79. The number of ether oxygens (including phenoxy) is 1. The first-order valence-electron chi connectivity index (χ1n) is 7.33. The molecule has 0 aromatic heterocycles. The fourth-order valence-corrected chi connectivity index (χ4v) is 2.53. The van der Waals surface area contributed by atoms with E-state index in [1.165, 1.54) is 11.3 Å². The number of nitrogens with one attached hydrogen (secondary N) is 2. The van der Waals surface area contributed by atoms with Crippen LogP contribution in [0.4, 0.5) is 5.69 Å². The van der Waals surface area contributed by atoms with Crippen LogP contribution in [-0.2, 0) is 4.74 Å². The maximum absolute atomic E-state index is 5.49. The van der Waals surface area contributed by atoms with Crippen LogP contribution in [0, 0.1) is 0 Å². The van der Waals surface area contributed by atoms with Crippen molar-refractivity contribution >= 4 is 5.69 Å². The molecular weight excluding hydrogens is 236 g/mol. The standard InChI is InChI=1S/C16H26N2O/c1-12(2)14-5-4-6-15(10-14)18-13(3)9-16-11-19-8-7-17-16/h4-6,10,12-13,16-18H,7-9,11H2,1-3H3. The van der Waals surface area contributed by atoms with Crippen molar-refractivity contribution in [2.45, 2.75) is 45.2 Å². The normalized spacial score (nSPS) is 21.4. The van der Waals surface area contributed by atoms with Crippen LogP contribution in [0.15, 0.2) is 24.3 Å². The maximum Gasteiger partial charge on any atom is 0.0621 e. The van der Waals surface area contributed by atoms with Gasteiger partial charge in [-0.25, -0.2) is 0 Å². The van der Waals surface area contributed by atoms with Crippen LogP contribution in [0.5, 0.6) is 0 Å². The van der Waals surface area contributed by atoms with Gasteiger partial charge in [0.1, 0.15) is 0 Å². The van der Waals surface area contributed by atoms with E-state index in [4.69, 9.17) is 4.74 Å². The van der Waals surface area contributed by atoms with Gasteiger partial charge >= 0.3 is 0 Å². The lowest BCUT2D eigenvalue weighted by atomic mass is 10.0. The van der Waals surface area contributed by atoms with Crippen molar-refractivity contribution in [2.75, 3.05) is 25.1 Å². The zero-order valence-electron chi connectivity index (χ0n) is 12.3. The molecule has 0 saturated carbocycles. The predicted molar refractivity (Wildman–Crippen MR) is 80.8 cm³/mol. The number of morpholine rings is 1. The van der Waals surface area contributed by atoms with E-state index in [9.17, 15) is 0 Å². The molecule has 1 aliphatic heterocycles. The molecule has 3 nitrogen and oxygen atoms in total. The van der Waals surface area contributed by atoms with Crippen molar-refractivity contribution in [1.29, 1.82) is 0 Å². The van der Waals surface area contributed by atoms with Crippen molar-refractivity contribution in [1.82, 2.24) is 5.32 Å². The number of rotatable bonds is 5. The predicted octanol–water partition coefficient (Wildman–Crippen LogP) is 2.99. The van der Waals surface area contributed by atoms with Gasteiger partial charge in [0, 0.05) is 24.3 Å². The summed E-state index contributed by atoms with van der Waals surface area (Å²) in [5, 5.41) is 7.09. The van der Waals surface area contributed by atoms with Gasteiger partial charge in [0.2, 0.25) is 0 Å². The van der Waals surface area contributed by atoms with Gasteiger partial charge < -0.3 is 15.4 Å². The Labute approximate surface area is 116 Å². The summed E-state index contributed by atoms with van der Waals surface area (Å²) in [6.45, 7) is 9.34. The lowest BCUT2D eigenvalue weighted by molar-refractivity contribution is 0.0731. The zero-order valence-corrected chi connectivity index (χ0v) is 12.3. The Kier molecular flexibility index (Phi) is 5.23. The largest absolute Gasteiger partial charge is 0.383 e. The SMILES string of the molecule is CC(CC1COCCN1)Nc1cccc(C(C)C)c1. The number of benzene rings is 1. The fraction of sp³-hybridized carbons (Fsp3) is 0.625. The summed E-state index contributed by atoms with van der Waals surface area (Å²) in [6.07, 6.45) is 1.09. The van der Waals surface area contributed by atoms with Gasteiger partial charge in [-0.1, -0.05) is 26.0 Å². The second kappa shape index (κ2) is 6.92. The lowest BCUT2D eigenvalue weighted by Crippen LogP contribution is -2.43. The van der Waals surface area contributed by atoms with E-state index < -0.39 is 0 Å². The molecule has 2 rings (SSSR count). The zero-order chi connectivity index (χ0) is 13.7. The van der Waals surface area contributed by atoms with Crippen molar-refractivity contribution in [3.8, 4) is 0 Å². The fourth-order valence-electron chi connectivity index (χ4n) is 2.53. The van der Waals surface area contributed by atoms with Crippen molar-refractivity contribution in [2.24, 2.45) is 0 Å². The summed E-state index contributed by atoms with van der Waals surface area (Å²) in [5.74, 6) is 0.575. The van der Waals surface area contributed by atoms with Crippen LogP contribution < -0.4 is 10.6 Å². The van der Waals surface area contributed by atoms with Gasteiger partial charge in [0.25, 0.3) is 0 Å². The van der Waals surface area contributed by atoms with Gasteiger partial charge in [-0.2, -0.15) is 0 Å². The van der Waals surface area contributed by atoms with E-state index in [0.29, 0.717) is 18.0 Å². The average molecular weight is 262 g/mol. The molecule has 106 valence electrons. The van der Waals surface area contributed by atoms with E-state index in [1.54, 1.807) is 0 Å². The molecule has 0 amide bonds. The maximum atomic E-state index is 5.49. The minimum Gasteiger partial charge on any atom is -0.383 e. The Morgan fingerprint density at radius 3 is 2.89 bits per heavy atom. The van der Waals surface area contributed by atoms with E-state index in [-0.39, 0.29) is 0 Å². The molecule has 0 radical (unpaired) electrons. The highest BCUT2D eigenvalue weighted by Crippen LogP contribution is 2.19. The Morgan fingerprint density at radius 1 is 1.37 bits per heavy atom. The van der Waals surface area contributed by atoms with E-state index >= 15 is 0 Å². The third-order valence-corrected chi connectivity index (χ3v) is 3.60. The van der Waals surface area contributed by atoms with Crippen LogP contribution in [0.25, 0.3) is 0 Å². The summed E-state index contributed by atoms with van der Waals surface area (Å²) >= 11 is 0. The first-order chi connectivity index (χ1) is 9.15. The molecule has 2 N–H and O–H groups in total. The number of hydrogen-bond acceptors (Lipinski definition) is 3. The molecule has 1 saturated heterocycles. The van der Waals surface area contributed by atoms with Crippen LogP contribution in [0.1, 0.15) is 38.7 Å². The average Bonchev–Trinajstić information content (AvgIpc) is 2.40. The molecule has 1 aromatic carbocycles. The smallest absolute Gasteiger partial charge is 0.0621 e. The van der Waals surface area contributed by atoms with Gasteiger partial charge in [0.05, 0.1) is 13.2 Å². The molecule has 0 bridgehead atoms. The summed E-state index contributed by atoms with van der Waals surface area (Å²) in [7, 11) is 0. The highest BCUT2D eigenvalue weighted by atomic mass is 16.5. The van der Waals surface area contributed by atoms with Crippen LogP contribution >= 0.6 is 0 Å². The van der Waals surface area contributed by atoms with Crippen molar-refractivity contribution < 1.29 is 4.74 Å². The molecule has 1 aromatic rings. The van der Waals surface area contributed by atoms with E-state index in [1.807, 2.05) is 0 Å². The van der Waals surface area contributed by atoms with Crippen LogP contribution in [0.2, 0.25) is 0 Å². The lowest BCUT2D eigenvalue weighted by Gasteiger charge is -2.27. The molecule has 1 aliphatic rings.